The summed E-state index contributed by atoms with van der Waals surface area (Å²) in [7, 11) is 0. The van der Waals surface area contributed by atoms with Crippen molar-refractivity contribution in [1.82, 2.24) is 5.32 Å². The molecule has 1 amide bonds. The van der Waals surface area contributed by atoms with E-state index >= 15 is 0 Å². The maximum atomic E-state index is 12.7. The molecule has 140 valence electrons. The van der Waals surface area contributed by atoms with Gasteiger partial charge in [-0.25, -0.2) is 0 Å². The van der Waals surface area contributed by atoms with Crippen LogP contribution in [0.5, 0.6) is 5.75 Å². The van der Waals surface area contributed by atoms with Crippen LogP contribution < -0.4 is 10.1 Å². The molecule has 0 aromatic heterocycles. The monoisotopic (exact) mass is 353 g/mol. The average molecular weight is 354 g/mol. The minimum absolute atomic E-state index is 0.0597. The average Bonchev–Trinajstić information content (AvgIpc) is 2.56. The fourth-order valence-electron chi connectivity index (χ4n) is 3.10. The highest BCUT2D eigenvalue weighted by Gasteiger charge is 2.20. The Hall–Kier alpha value is -2.29. The maximum Gasteiger partial charge on any atom is 0.261 e. The van der Waals surface area contributed by atoms with Crippen LogP contribution in [0.1, 0.15) is 67.5 Å². The highest BCUT2D eigenvalue weighted by atomic mass is 16.5. The van der Waals surface area contributed by atoms with Gasteiger partial charge < -0.3 is 10.1 Å². The molecule has 0 saturated carbocycles. The first kappa shape index (κ1) is 20.0. The highest BCUT2D eigenvalue weighted by Crippen LogP contribution is 2.28. The Morgan fingerprint density at radius 2 is 1.50 bits per heavy atom. The third kappa shape index (κ3) is 4.87. The third-order valence-electron chi connectivity index (χ3n) is 4.72. The van der Waals surface area contributed by atoms with Crippen molar-refractivity contribution in [2.45, 2.75) is 66.5 Å². The largest absolute Gasteiger partial charge is 0.481 e. The van der Waals surface area contributed by atoms with E-state index in [1.54, 1.807) is 6.92 Å². The molecule has 0 heterocycles. The smallest absolute Gasteiger partial charge is 0.261 e. The molecule has 0 aliphatic carbocycles. The number of rotatable bonds is 6. The number of hydrogen-bond acceptors (Lipinski definition) is 2. The molecule has 0 aliphatic rings. The number of amides is 1. The quantitative estimate of drug-likeness (QED) is 0.757. The second kappa shape index (κ2) is 8.39. The molecule has 0 saturated heterocycles. The van der Waals surface area contributed by atoms with Gasteiger partial charge in [0, 0.05) is 0 Å². The van der Waals surface area contributed by atoms with Gasteiger partial charge in [-0.1, -0.05) is 49.7 Å². The second-order valence-corrected chi connectivity index (χ2v) is 7.55. The summed E-state index contributed by atoms with van der Waals surface area (Å²) < 4.78 is 6.03. The normalized spacial score (nSPS) is 13.4. The molecule has 2 atom stereocenters. The standard InChI is InChI=1S/C23H31NO2/c1-14(2)20-11-9-16(4)13-22(20)26-19(7)23(25)24-18(6)21-12-15(3)8-10-17(21)5/h8-14,18-19H,1-7H3,(H,24,25)/t18-,19-/m1/s1. The molecule has 0 unspecified atom stereocenters. The van der Waals surface area contributed by atoms with Gasteiger partial charge in [0.25, 0.3) is 5.91 Å². The van der Waals surface area contributed by atoms with Gasteiger partial charge in [0.2, 0.25) is 0 Å². The van der Waals surface area contributed by atoms with Gasteiger partial charge in [0.1, 0.15) is 5.75 Å². The summed E-state index contributed by atoms with van der Waals surface area (Å²) >= 11 is 0. The molecule has 3 nitrogen and oxygen atoms in total. The summed E-state index contributed by atoms with van der Waals surface area (Å²) in [4.78, 5) is 12.7. The predicted octanol–water partition coefficient (Wildman–Crippen LogP) is 5.38. The Kier molecular flexibility index (Phi) is 6.47. The van der Waals surface area contributed by atoms with Crippen LogP contribution in [0.3, 0.4) is 0 Å². The molecular formula is C23H31NO2. The van der Waals surface area contributed by atoms with E-state index < -0.39 is 6.10 Å². The summed E-state index contributed by atoms with van der Waals surface area (Å²) in [5, 5.41) is 3.08. The maximum absolute atomic E-state index is 12.7. The number of aryl methyl sites for hydroxylation is 3. The number of benzene rings is 2. The van der Waals surface area contributed by atoms with Crippen LogP contribution in [0.2, 0.25) is 0 Å². The van der Waals surface area contributed by atoms with Crippen molar-refractivity contribution in [3.05, 3.63) is 64.2 Å². The van der Waals surface area contributed by atoms with Gasteiger partial charge in [-0.15, -0.1) is 0 Å². The van der Waals surface area contributed by atoms with Crippen molar-refractivity contribution in [3.8, 4) is 5.75 Å². The fraction of sp³-hybridized carbons (Fsp3) is 0.435. The molecule has 2 rings (SSSR count). The van der Waals surface area contributed by atoms with Crippen LogP contribution in [0.15, 0.2) is 36.4 Å². The van der Waals surface area contributed by atoms with E-state index in [1.807, 2.05) is 19.9 Å². The van der Waals surface area contributed by atoms with Crippen LogP contribution >= 0.6 is 0 Å². The molecule has 2 aromatic carbocycles. The number of carbonyl (C=O) groups is 1. The SMILES string of the molecule is Cc1ccc(C(C)C)c(O[C@H](C)C(=O)N[C@H](C)c2cc(C)ccc2C)c1. The van der Waals surface area contributed by atoms with Gasteiger partial charge in [0.05, 0.1) is 6.04 Å². The lowest BCUT2D eigenvalue weighted by Crippen LogP contribution is -2.38. The lowest BCUT2D eigenvalue weighted by molar-refractivity contribution is -0.127. The van der Waals surface area contributed by atoms with Gasteiger partial charge in [-0.3, -0.25) is 4.79 Å². The number of ether oxygens (including phenoxy) is 1. The first-order valence-electron chi connectivity index (χ1n) is 9.33. The first-order chi connectivity index (χ1) is 12.2. The number of hydrogen-bond donors (Lipinski definition) is 1. The zero-order valence-corrected chi connectivity index (χ0v) is 17.0. The van der Waals surface area contributed by atoms with Crippen LogP contribution in [-0.2, 0) is 4.79 Å². The van der Waals surface area contributed by atoms with Crippen molar-refractivity contribution in [2.75, 3.05) is 0 Å². The van der Waals surface area contributed by atoms with E-state index in [-0.39, 0.29) is 11.9 Å². The lowest BCUT2D eigenvalue weighted by atomic mass is 9.99. The van der Waals surface area contributed by atoms with Crippen molar-refractivity contribution >= 4 is 5.91 Å². The molecule has 26 heavy (non-hydrogen) atoms. The molecule has 0 spiro atoms. The zero-order valence-electron chi connectivity index (χ0n) is 17.0. The Balaban J connectivity index is 2.11. The Morgan fingerprint density at radius 3 is 2.15 bits per heavy atom. The summed E-state index contributed by atoms with van der Waals surface area (Å²) in [5.41, 5.74) is 5.76. The molecule has 0 fully saturated rings. The second-order valence-electron chi connectivity index (χ2n) is 7.55. The van der Waals surface area contributed by atoms with E-state index in [0.29, 0.717) is 5.92 Å². The minimum Gasteiger partial charge on any atom is -0.481 e. The lowest BCUT2D eigenvalue weighted by Gasteiger charge is -2.22. The van der Waals surface area contributed by atoms with Crippen LogP contribution in [-0.4, -0.2) is 12.0 Å². The van der Waals surface area contributed by atoms with Crippen LogP contribution in [0, 0.1) is 20.8 Å². The zero-order chi connectivity index (χ0) is 19.4. The van der Waals surface area contributed by atoms with Crippen LogP contribution in [0.25, 0.3) is 0 Å². The van der Waals surface area contributed by atoms with Crippen LogP contribution in [0.4, 0.5) is 0 Å². The molecular weight excluding hydrogens is 322 g/mol. The summed E-state index contributed by atoms with van der Waals surface area (Å²) in [6.07, 6.45) is -0.554. The number of carbonyl (C=O) groups excluding carboxylic acids is 1. The summed E-state index contributed by atoms with van der Waals surface area (Å²) in [5.74, 6) is 1.03. The van der Waals surface area contributed by atoms with Gasteiger partial charge in [-0.2, -0.15) is 0 Å². The molecule has 0 aliphatic heterocycles. The molecule has 2 aromatic rings. The first-order valence-corrected chi connectivity index (χ1v) is 9.33. The van der Waals surface area contributed by atoms with Gasteiger partial charge >= 0.3 is 0 Å². The van der Waals surface area contributed by atoms with Crippen molar-refractivity contribution < 1.29 is 9.53 Å². The van der Waals surface area contributed by atoms with Crippen molar-refractivity contribution in [3.63, 3.8) is 0 Å². The molecule has 0 bridgehead atoms. The topological polar surface area (TPSA) is 38.3 Å². The number of nitrogens with one attached hydrogen (secondary N) is 1. The van der Waals surface area contributed by atoms with Crippen molar-refractivity contribution in [2.24, 2.45) is 0 Å². The van der Waals surface area contributed by atoms with E-state index in [1.165, 1.54) is 11.1 Å². The minimum atomic E-state index is -0.554. The Bertz CT molecular complexity index is 780. The van der Waals surface area contributed by atoms with Gasteiger partial charge in [0.15, 0.2) is 6.10 Å². The van der Waals surface area contributed by atoms with E-state index in [4.69, 9.17) is 4.74 Å². The summed E-state index contributed by atoms with van der Waals surface area (Å²) in [6.45, 7) is 14.2. The fourth-order valence-corrected chi connectivity index (χ4v) is 3.10. The van der Waals surface area contributed by atoms with Crippen molar-refractivity contribution in [1.29, 1.82) is 0 Å². The third-order valence-corrected chi connectivity index (χ3v) is 4.72. The van der Waals surface area contributed by atoms with E-state index in [2.05, 4.69) is 63.3 Å². The Morgan fingerprint density at radius 1 is 0.885 bits per heavy atom. The molecule has 3 heteroatoms. The molecule has 1 N–H and O–H groups in total. The van der Waals surface area contributed by atoms with E-state index in [9.17, 15) is 4.79 Å². The Labute approximate surface area is 157 Å². The highest BCUT2D eigenvalue weighted by molar-refractivity contribution is 5.81. The van der Waals surface area contributed by atoms with Gasteiger partial charge in [-0.05, 0) is 68.9 Å². The molecule has 0 radical (unpaired) electrons. The predicted molar refractivity (Wildman–Crippen MR) is 108 cm³/mol. The summed E-state index contributed by atoms with van der Waals surface area (Å²) in [6, 6.07) is 12.4. The van der Waals surface area contributed by atoms with E-state index in [0.717, 1.165) is 22.4 Å².